The van der Waals surface area contributed by atoms with Gasteiger partial charge in [-0.2, -0.15) is 0 Å². The average molecular weight is 373 g/mol. The van der Waals surface area contributed by atoms with E-state index in [1.54, 1.807) is 0 Å². The van der Waals surface area contributed by atoms with Gasteiger partial charge >= 0.3 is 0 Å². The summed E-state index contributed by atoms with van der Waals surface area (Å²) in [6.07, 6.45) is 6.94. The van der Waals surface area contributed by atoms with E-state index in [4.69, 9.17) is 5.73 Å². The second-order valence-electron chi connectivity index (χ2n) is 8.15. The van der Waals surface area contributed by atoms with Crippen LogP contribution in [0.1, 0.15) is 32.3 Å². The highest BCUT2D eigenvalue weighted by molar-refractivity contribution is 5.48. The monoisotopic (exact) mass is 372 g/mol. The smallest absolute Gasteiger partial charge is 0.0166 e. The molecule has 0 amide bonds. The molecule has 1 aliphatic heterocycles. The van der Waals surface area contributed by atoms with Gasteiger partial charge in [0, 0.05) is 39.3 Å². The van der Waals surface area contributed by atoms with E-state index >= 15 is 0 Å². The lowest BCUT2D eigenvalue weighted by atomic mass is 10.2. The van der Waals surface area contributed by atoms with Crippen molar-refractivity contribution in [3.63, 3.8) is 0 Å². The molecular weight excluding hydrogens is 332 g/mol. The van der Waals surface area contributed by atoms with Gasteiger partial charge in [-0.25, -0.2) is 0 Å². The lowest BCUT2D eigenvalue weighted by molar-refractivity contribution is 0.126. The molecule has 1 fully saturated rings. The number of nitrogens with two attached hydrogens (primary N) is 1. The molecule has 27 heavy (non-hydrogen) atoms. The molecule has 1 saturated heterocycles. The molecule has 0 radical (unpaired) electrons. The topological polar surface area (TPSA) is 35.7 Å². The van der Waals surface area contributed by atoms with Crippen LogP contribution in [0.5, 0.6) is 0 Å². The number of benzene rings is 1. The summed E-state index contributed by atoms with van der Waals surface area (Å²) in [6, 6.07) is 10.6. The first-order valence-corrected chi connectivity index (χ1v) is 10.8. The van der Waals surface area contributed by atoms with Crippen molar-refractivity contribution in [1.82, 2.24) is 14.7 Å². The van der Waals surface area contributed by atoms with E-state index in [-0.39, 0.29) is 0 Å². The van der Waals surface area contributed by atoms with Crippen LogP contribution in [0, 0.1) is 5.92 Å². The van der Waals surface area contributed by atoms with Gasteiger partial charge < -0.3 is 15.5 Å². The molecule has 0 spiro atoms. The Bertz CT molecular complexity index is 506. The van der Waals surface area contributed by atoms with Gasteiger partial charge in [-0.05, 0) is 50.5 Å². The number of hydrogen-bond acceptors (Lipinski definition) is 4. The fourth-order valence-corrected chi connectivity index (χ4v) is 3.74. The van der Waals surface area contributed by atoms with E-state index in [0.717, 1.165) is 19.5 Å². The normalized spacial score (nSPS) is 16.8. The first-order chi connectivity index (χ1) is 13.2. The van der Waals surface area contributed by atoms with Crippen LogP contribution in [0.25, 0.3) is 6.08 Å². The molecule has 4 nitrogen and oxygen atoms in total. The molecule has 1 aromatic rings. The van der Waals surface area contributed by atoms with E-state index in [9.17, 15) is 0 Å². The van der Waals surface area contributed by atoms with Gasteiger partial charge in [-0.1, -0.05) is 56.3 Å². The van der Waals surface area contributed by atoms with Crippen molar-refractivity contribution in [3.8, 4) is 0 Å². The van der Waals surface area contributed by atoms with Crippen LogP contribution >= 0.6 is 0 Å². The molecule has 0 saturated carbocycles. The number of piperazine rings is 1. The minimum atomic E-state index is 0.709. The van der Waals surface area contributed by atoms with Gasteiger partial charge in [-0.3, -0.25) is 4.90 Å². The molecule has 1 heterocycles. The van der Waals surface area contributed by atoms with Crippen LogP contribution in [0.3, 0.4) is 0 Å². The lowest BCUT2D eigenvalue weighted by Gasteiger charge is -2.35. The first-order valence-electron chi connectivity index (χ1n) is 10.8. The molecule has 2 N–H and O–H groups in total. The molecule has 152 valence electrons. The summed E-state index contributed by atoms with van der Waals surface area (Å²) in [5.41, 5.74) is 6.91. The van der Waals surface area contributed by atoms with Crippen molar-refractivity contribution in [1.29, 1.82) is 0 Å². The van der Waals surface area contributed by atoms with Crippen molar-refractivity contribution < 1.29 is 0 Å². The Kier molecular flexibility index (Phi) is 10.7. The van der Waals surface area contributed by atoms with Gasteiger partial charge in [0.25, 0.3) is 0 Å². The summed E-state index contributed by atoms with van der Waals surface area (Å²) in [5, 5.41) is 0. The highest BCUT2D eigenvalue weighted by Gasteiger charge is 2.16. The summed E-state index contributed by atoms with van der Waals surface area (Å²) >= 11 is 0. The van der Waals surface area contributed by atoms with Crippen LogP contribution in [0.2, 0.25) is 0 Å². The molecule has 2 rings (SSSR count). The molecule has 0 aliphatic carbocycles. The van der Waals surface area contributed by atoms with Crippen LogP contribution < -0.4 is 5.73 Å². The molecular formula is C23H40N4. The Hall–Kier alpha value is -1.20. The van der Waals surface area contributed by atoms with Gasteiger partial charge in [0.2, 0.25) is 0 Å². The SMILES string of the molecule is CC(C)CN(CC=Cc1ccccc1)CCCN1CCN(CCCN)CC1. The molecule has 0 bridgehead atoms. The van der Waals surface area contributed by atoms with Gasteiger partial charge in [0.05, 0.1) is 0 Å². The van der Waals surface area contributed by atoms with Crippen molar-refractivity contribution in [2.45, 2.75) is 26.7 Å². The minimum Gasteiger partial charge on any atom is -0.330 e. The maximum absolute atomic E-state index is 5.62. The number of nitrogens with zero attached hydrogens (tertiary/aromatic N) is 3. The standard InChI is InChI=1S/C23H40N4/c1-22(2)21-27(13-6-11-23-9-4-3-5-10-23)16-8-15-26-19-17-25(18-20-26)14-7-12-24/h3-6,9-11,22H,7-8,12-21,24H2,1-2H3. The van der Waals surface area contributed by atoms with Gasteiger partial charge in [0.1, 0.15) is 0 Å². The zero-order valence-corrected chi connectivity index (χ0v) is 17.5. The second kappa shape index (κ2) is 13.1. The zero-order valence-electron chi connectivity index (χ0n) is 17.5. The molecule has 0 aromatic heterocycles. The third-order valence-electron chi connectivity index (χ3n) is 5.19. The van der Waals surface area contributed by atoms with E-state index in [0.29, 0.717) is 5.92 Å². The second-order valence-corrected chi connectivity index (χ2v) is 8.15. The molecule has 0 atom stereocenters. The van der Waals surface area contributed by atoms with Crippen molar-refractivity contribution in [3.05, 3.63) is 42.0 Å². The average Bonchev–Trinajstić information content (AvgIpc) is 2.67. The van der Waals surface area contributed by atoms with E-state index in [1.807, 2.05) is 0 Å². The molecule has 4 heteroatoms. The summed E-state index contributed by atoms with van der Waals surface area (Å²) in [5.74, 6) is 0.709. The van der Waals surface area contributed by atoms with Crippen LogP contribution in [0.4, 0.5) is 0 Å². The third kappa shape index (κ3) is 9.52. The van der Waals surface area contributed by atoms with E-state index in [1.165, 1.54) is 64.3 Å². The van der Waals surface area contributed by atoms with Crippen molar-refractivity contribution in [2.24, 2.45) is 11.7 Å². The Balaban J connectivity index is 1.67. The van der Waals surface area contributed by atoms with Crippen LogP contribution in [-0.4, -0.2) is 80.1 Å². The van der Waals surface area contributed by atoms with Crippen molar-refractivity contribution in [2.75, 3.05) is 65.4 Å². The minimum absolute atomic E-state index is 0.709. The Labute approximate surface area is 167 Å². The van der Waals surface area contributed by atoms with Crippen molar-refractivity contribution >= 4 is 6.08 Å². The Morgan fingerprint density at radius 3 is 2.22 bits per heavy atom. The zero-order chi connectivity index (χ0) is 19.3. The highest BCUT2D eigenvalue weighted by Crippen LogP contribution is 2.06. The maximum Gasteiger partial charge on any atom is 0.0166 e. The predicted octanol–water partition coefficient (Wildman–Crippen LogP) is 3.01. The molecule has 0 unspecified atom stereocenters. The third-order valence-corrected chi connectivity index (χ3v) is 5.19. The summed E-state index contributed by atoms with van der Waals surface area (Å²) in [6.45, 7) is 16.1. The maximum atomic E-state index is 5.62. The number of hydrogen-bond donors (Lipinski definition) is 1. The molecule has 1 aromatic carbocycles. The lowest BCUT2D eigenvalue weighted by Crippen LogP contribution is -2.47. The Morgan fingerprint density at radius 1 is 1.00 bits per heavy atom. The Morgan fingerprint density at radius 2 is 1.63 bits per heavy atom. The highest BCUT2D eigenvalue weighted by atomic mass is 15.3. The van der Waals surface area contributed by atoms with Gasteiger partial charge in [0.15, 0.2) is 0 Å². The summed E-state index contributed by atoms with van der Waals surface area (Å²) in [7, 11) is 0. The van der Waals surface area contributed by atoms with E-state index in [2.05, 4.69) is 71.0 Å². The van der Waals surface area contributed by atoms with Crippen LogP contribution in [0.15, 0.2) is 36.4 Å². The quantitative estimate of drug-likeness (QED) is 0.612. The fourth-order valence-electron chi connectivity index (χ4n) is 3.74. The largest absolute Gasteiger partial charge is 0.330 e. The molecule has 1 aliphatic rings. The first kappa shape index (κ1) is 22.1. The van der Waals surface area contributed by atoms with E-state index < -0.39 is 0 Å². The summed E-state index contributed by atoms with van der Waals surface area (Å²) < 4.78 is 0. The fraction of sp³-hybridized carbons (Fsp3) is 0.652. The predicted molar refractivity (Wildman–Crippen MR) is 118 cm³/mol. The van der Waals surface area contributed by atoms with Gasteiger partial charge in [-0.15, -0.1) is 0 Å². The summed E-state index contributed by atoms with van der Waals surface area (Å²) in [4.78, 5) is 7.79. The van der Waals surface area contributed by atoms with Crippen LogP contribution in [-0.2, 0) is 0 Å². The number of rotatable bonds is 12.